The smallest absolute Gasteiger partial charge is 0.407 e. The highest BCUT2D eigenvalue weighted by atomic mass is 32.1. The Kier molecular flexibility index (Phi) is 7.85. The van der Waals surface area contributed by atoms with E-state index in [0.29, 0.717) is 11.7 Å². The van der Waals surface area contributed by atoms with Crippen LogP contribution in [0.4, 0.5) is 4.79 Å². The second-order valence-corrected chi connectivity index (χ2v) is 7.06. The van der Waals surface area contributed by atoms with Crippen molar-refractivity contribution in [2.24, 2.45) is 0 Å². The lowest BCUT2D eigenvalue weighted by molar-refractivity contribution is -0.117. The van der Waals surface area contributed by atoms with Crippen molar-refractivity contribution >= 4 is 29.1 Å². The summed E-state index contributed by atoms with van der Waals surface area (Å²) in [5.74, 6) is -0.0399. The first-order valence-corrected chi connectivity index (χ1v) is 8.25. The Balaban J connectivity index is 2.53. The largest absolute Gasteiger partial charge is 0.482 e. The molecule has 0 unspecified atom stereocenters. The average Bonchev–Trinajstić information content (AvgIpc) is 2.43. The Morgan fingerprint density at radius 1 is 1.17 bits per heavy atom. The fraction of sp³-hybridized carbons (Fsp3) is 0.500. The molecule has 1 N–H and O–H groups in total. The molecule has 0 aliphatic rings. The minimum Gasteiger partial charge on any atom is -0.482 e. The molecular weight excluding hydrogens is 326 g/mol. The van der Waals surface area contributed by atoms with Crippen LogP contribution in [0.5, 0.6) is 0 Å². The molecule has 1 atom stereocenters. The molecule has 5 nitrogen and oxygen atoms in total. The molecule has 0 bridgehead atoms. The SMILES string of the molecule is CC(=O)C[C@@H](CC(=S)OCc1ccccc1)NC(=O)OC(C)(C)C. The van der Waals surface area contributed by atoms with E-state index in [1.54, 1.807) is 20.8 Å². The molecule has 132 valence electrons. The summed E-state index contributed by atoms with van der Waals surface area (Å²) in [5.41, 5.74) is 0.401. The van der Waals surface area contributed by atoms with E-state index in [4.69, 9.17) is 21.7 Å². The van der Waals surface area contributed by atoms with Gasteiger partial charge in [-0.25, -0.2) is 4.79 Å². The minimum absolute atomic E-state index is 0.0399. The lowest BCUT2D eigenvalue weighted by Gasteiger charge is -2.23. The summed E-state index contributed by atoms with van der Waals surface area (Å²) >= 11 is 5.22. The van der Waals surface area contributed by atoms with Gasteiger partial charge in [0, 0.05) is 18.9 Å². The summed E-state index contributed by atoms with van der Waals surface area (Å²) < 4.78 is 10.8. The molecule has 0 saturated heterocycles. The first-order chi connectivity index (χ1) is 11.2. The van der Waals surface area contributed by atoms with E-state index in [9.17, 15) is 9.59 Å². The van der Waals surface area contributed by atoms with Gasteiger partial charge in [-0.15, -0.1) is 0 Å². The predicted octanol–water partition coefficient (Wildman–Crippen LogP) is 3.79. The van der Waals surface area contributed by atoms with Crippen molar-refractivity contribution < 1.29 is 19.1 Å². The number of Topliss-reactive ketones (excluding diaryl/α,β-unsaturated/α-hetero) is 1. The van der Waals surface area contributed by atoms with E-state index in [2.05, 4.69) is 5.32 Å². The van der Waals surface area contributed by atoms with Gasteiger partial charge in [0.05, 0.1) is 0 Å². The number of benzene rings is 1. The number of alkyl carbamates (subject to hydrolysis) is 1. The number of hydrogen-bond donors (Lipinski definition) is 1. The number of amides is 1. The van der Waals surface area contributed by atoms with Gasteiger partial charge < -0.3 is 14.8 Å². The molecule has 0 fully saturated rings. The Labute approximate surface area is 148 Å². The molecule has 1 amide bonds. The fourth-order valence-corrected chi connectivity index (χ4v) is 2.25. The van der Waals surface area contributed by atoms with Crippen LogP contribution in [0.25, 0.3) is 0 Å². The van der Waals surface area contributed by atoms with Gasteiger partial charge in [-0.2, -0.15) is 0 Å². The Hall–Kier alpha value is -1.95. The molecular formula is C18H25NO4S. The van der Waals surface area contributed by atoms with E-state index in [-0.39, 0.29) is 18.6 Å². The maximum atomic E-state index is 11.9. The molecule has 0 aromatic heterocycles. The molecule has 6 heteroatoms. The lowest BCUT2D eigenvalue weighted by Crippen LogP contribution is -2.41. The van der Waals surface area contributed by atoms with Crippen molar-refractivity contribution in [3.8, 4) is 0 Å². The van der Waals surface area contributed by atoms with E-state index in [1.165, 1.54) is 6.92 Å². The van der Waals surface area contributed by atoms with Gasteiger partial charge in [0.15, 0.2) is 5.05 Å². The molecule has 0 heterocycles. The van der Waals surface area contributed by atoms with E-state index >= 15 is 0 Å². The molecule has 0 saturated carbocycles. The van der Waals surface area contributed by atoms with Crippen LogP contribution in [-0.2, 0) is 20.9 Å². The third-order valence-electron chi connectivity index (χ3n) is 2.91. The van der Waals surface area contributed by atoms with Crippen LogP contribution in [-0.4, -0.2) is 28.6 Å². The van der Waals surface area contributed by atoms with Crippen LogP contribution in [0, 0.1) is 0 Å². The number of nitrogens with one attached hydrogen (secondary N) is 1. The van der Waals surface area contributed by atoms with Gasteiger partial charge in [0.2, 0.25) is 0 Å². The zero-order valence-electron chi connectivity index (χ0n) is 14.6. The maximum Gasteiger partial charge on any atom is 0.407 e. The van der Waals surface area contributed by atoms with Crippen LogP contribution < -0.4 is 5.32 Å². The summed E-state index contributed by atoms with van der Waals surface area (Å²) in [6, 6.07) is 9.20. The third kappa shape index (κ3) is 9.25. The zero-order valence-corrected chi connectivity index (χ0v) is 15.4. The van der Waals surface area contributed by atoms with Crippen LogP contribution in [0.1, 0.15) is 46.1 Å². The number of ether oxygens (including phenoxy) is 2. The summed E-state index contributed by atoms with van der Waals surface area (Å²) in [6.45, 7) is 7.16. The normalized spacial score (nSPS) is 12.2. The highest BCUT2D eigenvalue weighted by Gasteiger charge is 2.21. The standard InChI is InChI=1S/C18H25NO4S/c1-13(20)10-15(19-17(21)23-18(2,3)4)11-16(24)22-12-14-8-6-5-7-9-14/h5-9,15H,10-12H2,1-4H3,(H,19,21)/t15-/m0/s1. The number of hydrogen-bond acceptors (Lipinski definition) is 5. The quantitative estimate of drug-likeness (QED) is 0.757. The van der Waals surface area contributed by atoms with E-state index in [0.717, 1.165) is 5.56 Å². The molecule has 1 aromatic rings. The van der Waals surface area contributed by atoms with Gasteiger partial charge in [-0.1, -0.05) is 30.3 Å². The second kappa shape index (κ2) is 9.37. The first-order valence-electron chi connectivity index (χ1n) is 7.84. The average molecular weight is 351 g/mol. The second-order valence-electron chi connectivity index (χ2n) is 6.60. The number of carbonyl (C=O) groups is 2. The molecule has 1 aromatic carbocycles. The summed E-state index contributed by atoms with van der Waals surface area (Å²) in [6.07, 6.45) is -0.116. The molecule has 0 aliphatic carbocycles. The van der Waals surface area contributed by atoms with Gasteiger partial charge in [0.25, 0.3) is 0 Å². The lowest BCUT2D eigenvalue weighted by atomic mass is 10.1. The molecule has 0 aliphatic heterocycles. The minimum atomic E-state index is -0.602. The van der Waals surface area contributed by atoms with Crippen LogP contribution in [0.3, 0.4) is 0 Å². The van der Waals surface area contributed by atoms with Gasteiger partial charge in [0.1, 0.15) is 18.0 Å². The van der Waals surface area contributed by atoms with Crippen molar-refractivity contribution in [2.75, 3.05) is 0 Å². The maximum absolute atomic E-state index is 11.9. The van der Waals surface area contributed by atoms with Crippen LogP contribution >= 0.6 is 12.2 Å². The fourth-order valence-electron chi connectivity index (χ4n) is 1.99. The summed E-state index contributed by atoms with van der Waals surface area (Å²) in [5, 5.41) is 3.03. The zero-order chi connectivity index (χ0) is 18.2. The van der Waals surface area contributed by atoms with Gasteiger partial charge in [-0.3, -0.25) is 4.79 Å². The highest BCUT2D eigenvalue weighted by Crippen LogP contribution is 2.10. The van der Waals surface area contributed by atoms with Crippen LogP contribution in [0.2, 0.25) is 0 Å². The highest BCUT2D eigenvalue weighted by molar-refractivity contribution is 7.80. The number of rotatable bonds is 7. The topological polar surface area (TPSA) is 64.6 Å². The number of ketones is 1. The molecule has 0 spiro atoms. The Morgan fingerprint density at radius 2 is 1.79 bits per heavy atom. The number of carbonyl (C=O) groups excluding carboxylic acids is 2. The van der Waals surface area contributed by atoms with E-state index < -0.39 is 17.7 Å². The molecule has 24 heavy (non-hydrogen) atoms. The Bertz CT molecular complexity index is 566. The number of thiocarbonyl (C=S) groups is 1. The monoisotopic (exact) mass is 351 g/mol. The van der Waals surface area contributed by atoms with Gasteiger partial charge in [-0.05, 0) is 45.5 Å². The third-order valence-corrected chi connectivity index (χ3v) is 3.19. The molecule has 0 radical (unpaired) electrons. The Morgan fingerprint density at radius 3 is 2.33 bits per heavy atom. The van der Waals surface area contributed by atoms with E-state index in [1.807, 2.05) is 30.3 Å². The summed E-state index contributed by atoms with van der Waals surface area (Å²) in [7, 11) is 0. The first kappa shape index (κ1) is 20.1. The van der Waals surface area contributed by atoms with Gasteiger partial charge >= 0.3 is 6.09 Å². The van der Waals surface area contributed by atoms with Crippen molar-refractivity contribution in [3.63, 3.8) is 0 Å². The van der Waals surface area contributed by atoms with Crippen molar-refractivity contribution in [1.82, 2.24) is 5.32 Å². The van der Waals surface area contributed by atoms with Crippen molar-refractivity contribution in [3.05, 3.63) is 35.9 Å². The van der Waals surface area contributed by atoms with Crippen molar-refractivity contribution in [1.29, 1.82) is 0 Å². The van der Waals surface area contributed by atoms with Crippen LogP contribution in [0.15, 0.2) is 30.3 Å². The predicted molar refractivity (Wildman–Crippen MR) is 96.9 cm³/mol. The molecule has 1 rings (SSSR count). The summed E-state index contributed by atoms with van der Waals surface area (Å²) in [4.78, 5) is 23.3. The van der Waals surface area contributed by atoms with Crippen molar-refractivity contribution in [2.45, 2.75) is 58.8 Å².